The van der Waals surface area contributed by atoms with Gasteiger partial charge in [-0.05, 0) is 30.5 Å². The average Bonchev–Trinajstić information content (AvgIpc) is 2.37. The first-order valence-corrected chi connectivity index (χ1v) is 6.68. The molecule has 0 saturated heterocycles. The van der Waals surface area contributed by atoms with Crippen molar-refractivity contribution in [1.82, 2.24) is 0 Å². The normalized spacial score (nSPS) is 12.5. The quantitative estimate of drug-likeness (QED) is 0.736. The van der Waals surface area contributed by atoms with Crippen molar-refractivity contribution in [3.63, 3.8) is 0 Å². The van der Waals surface area contributed by atoms with Gasteiger partial charge in [0.1, 0.15) is 6.61 Å². The number of nitrogens with two attached hydrogens (primary N) is 1. The van der Waals surface area contributed by atoms with E-state index in [4.69, 9.17) is 19.9 Å². The first-order chi connectivity index (χ1) is 9.04. The second-order valence-electron chi connectivity index (χ2n) is 5.02. The fourth-order valence-corrected chi connectivity index (χ4v) is 1.62. The van der Waals surface area contributed by atoms with Crippen LogP contribution in [-0.2, 0) is 4.74 Å². The predicted molar refractivity (Wildman–Crippen MR) is 76.7 cm³/mol. The maximum absolute atomic E-state index is 5.84. The summed E-state index contributed by atoms with van der Waals surface area (Å²) in [4.78, 5) is 0. The molecular formula is C15H25NO3. The molecule has 0 aliphatic carbocycles. The van der Waals surface area contributed by atoms with Crippen LogP contribution in [0.5, 0.6) is 11.5 Å². The van der Waals surface area contributed by atoms with Gasteiger partial charge in [-0.1, -0.05) is 19.9 Å². The minimum Gasteiger partial charge on any atom is -0.493 e. The molecule has 1 aromatic carbocycles. The SMILES string of the molecule is COc1cc(C(C)N)ccc1OCCOCC(C)C. The Bertz CT molecular complexity index is 378. The van der Waals surface area contributed by atoms with Crippen LogP contribution >= 0.6 is 0 Å². The van der Waals surface area contributed by atoms with Crippen molar-refractivity contribution in [3.05, 3.63) is 23.8 Å². The summed E-state index contributed by atoms with van der Waals surface area (Å²) in [5.41, 5.74) is 6.87. The highest BCUT2D eigenvalue weighted by atomic mass is 16.5. The van der Waals surface area contributed by atoms with Gasteiger partial charge in [0, 0.05) is 12.6 Å². The highest BCUT2D eigenvalue weighted by molar-refractivity contribution is 5.43. The Morgan fingerprint density at radius 2 is 1.84 bits per heavy atom. The monoisotopic (exact) mass is 267 g/mol. The Morgan fingerprint density at radius 1 is 1.11 bits per heavy atom. The lowest BCUT2D eigenvalue weighted by atomic mass is 10.1. The van der Waals surface area contributed by atoms with E-state index >= 15 is 0 Å². The van der Waals surface area contributed by atoms with Gasteiger partial charge < -0.3 is 19.9 Å². The van der Waals surface area contributed by atoms with Crippen LogP contribution in [0.15, 0.2) is 18.2 Å². The van der Waals surface area contributed by atoms with Gasteiger partial charge in [0.2, 0.25) is 0 Å². The lowest BCUT2D eigenvalue weighted by Gasteiger charge is -2.14. The lowest BCUT2D eigenvalue weighted by molar-refractivity contribution is 0.0810. The molecule has 0 radical (unpaired) electrons. The van der Waals surface area contributed by atoms with E-state index in [0.717, 1.165) is 17.9 Å². The largest absolute Gasteiger partial charge is 0.493 e. The topological polar surface area (TPSA) is 53.7 Å². The number of benzene rings is 1. The summed E-state index contributed by atoms with van der Waals surface area (Å²) in [5, 5.41) is 0. The molecule has 0 aliphatic heterocycles. The van der Waals surface area contributed by atoms with Crippen molar-refractivity contribution in [1.29, 1.82) is 0 Å². The van der Waals surface area contributed by atoms with Gasteiger partial charge in [0.15, 0.2) is 11.5 Å². The highest BCUT2D eigenvalue weighted by Gasteiger charge is 2.08. The zero-order valence-electron chi connectivity index (χ0n) is 12.3. The number of hydrogen-bond donors (Lipinski definition) is 1. The first kappa shape index (κ1) is 15.8. The van der Waals surface area contributed by atoms with Crippen molar-refractivity contribution in [2.75, 3.05) is 26.9 Å². The lowest BCUT2D eigenvalue weighted by Crippen LogP contribution is -2.11. The van der Waals surface area contributed by atoms with Crippen LogP contribution < -0.4 is 15.2 Å². The van der Waals surface area contributed by atoms with Crippen LogP contribution in [0.25, 0.3) is 0 Å². The van der Waals surface area contributed by atoms with Crippen LogP contribution in [0.2, 0.25) is 0 Å². The van der Waals surface area contributed by atoms with Crippen LogP contribution in [-0.4, -0.2) is 26.9 Å². The van der Waals surface area contributed by atoms with Crippen molar-refractivity contribution >= 4 is 0 Å². The maximum Gasteiger partial charge on any atom is 0.161 e. The fraction of sp³-hybridized carbons (Fsp3) is 0.600. The van der Waals surface area contributed by atoms with Crippen molar-refractivity contribution in [3.8, 4) is 11.5 Å². The molecule has 1 atom stereocenters. The number of ether oxygens (including phenoxy) is 3. The maximum atomic E-state index is 5.84. The van der Waals surface area contributed by atoms with Crippen molar-refractivity contribution in [2.45, 2.75) is 26.8 Å². The molecule has 0 spiro atoms. The van der Waals surface area contributed by atoms with Gasteiger partial charge in [0.25, 0.3) is 0 Å². The van der Waals surface area contributed by atoms with Crippen molar-refractivity contribution < 1.29 is 14.2 Å². The number of methoxy groups -OCH3 is 1. The third-order valence-corrected chi connectivity index (χ3v) is 2.65. The molecule has 1 unspecified atom stereocenters. The Labute approximate surface area is 115 Å². The van der Waals surface area contributed by atoms with E-state index in [2.05, 4.69) is 13.8 Å². The van der Waals surface area contributed by atoms with E-state index in [1.807, 2.05) is 25.1 Å². The summed E-state index contributed by atoms with van der Waals surface area (Å²) < 4.78 is 16.4. The zero-order chi connectivity index (χ0) is 14.3. The summed E-state index contributed by atoms with van der Waals surface area (Å²) in [5.74, 6) is 1.97. The third-order valence-electron chi connectivity index (χ3n) is 2.65. The molecule has 0 amide bonds. The average molecular weight is 267 g/mol. The van der Waals surface area contributed by atoms with Gasteiger partial charge in [-0.3, -0.25) is 0 Å². The first-order valence-electron chi connectivity index (χ1n) is 6.68. The molecule has 0 fully saturated rings. The van der Waals surface area contributed by atoms with Gasteiger partial charge in [-0.25, -0.2) is 0 Å². The summed E-state index contributed by atoms with van der Waals surface area (Å²) in [6, 6.07) is 5.74. The minimum absolute atomic E-state index is 0.0164. The van der Waals surface area contributed by atoms with Crippen LogP contribution in [0, 0.1) is 5.92 Å². The molecule has 2 N–H and O–H groups in total. The second-order valence-corrected chi connectivity index (χ2v) is 5.02. The van der Waals surface area contributed by atoms with Crippen LogP contribution in [0.1, 0.15) is 32.4 Å². The molecule has 0 aromatic heterocycles. The third kappa shape index (κ3) is 5.49. The van der Waals surface area contributed by atoms with Gasteiger partial charge in [0.05, 0.1) is 13.7 Å². The Hall–Kier alpha value is -1.26. The fourth-order valence-electron chi connectivity index (χ4n) is 1.62. The molecule has 0 aliphatic rings. The highest BCUT2D eigenvalue weighted by Crippen LogP contribution is 2.29. The second kappa shape index (κ2) is 8.02. The van der Waals surface area contributed by atoms with E-state index < -0.39 is 0 Å². The van der Waals surface area contributed by atoms with E-state index in [9.17, 15) is 0 Å². The molecule has 4 heteroatoms. The minimum atomic E-state index is -0.0164. The Morgan fingerprint density at radius 3 is 2.42 bits per heavy atom. The molecule has 0 saturated carbocycles. The molecule has 1 rings (SSSR count). The Balaban J connectivity index is 2.49. The molecule has 1 aromatic rings. The molecular weight excluding hydrogens is 242 g/mol. The van der Waals surface area contributed by atoms with Crippen LogP contribution in [0.3, 0.4) is 0 Å². The van der Waals surface area contributed by atoms with Crippen LogP contribution in [0.4, 0.5) is 0 Å². The van der Waals surface area contributed by atoms with E-state index in [1.54, 1.807) is 7.11 Å². The van der Waals surface area contributed by atoms with E-state index in [1.165, 1.54) is 0 Å². The van der Waals surface area contributed by atoms with Crippen molar-refractivity contribution in [2.24, 2.45) is 11.7 Å². The van der Waals surface area contributed by atoms with E-state index in [0.29, 0.717) is 24.9 Å². The summed E-state index contributed by atoms with van der Waals surface area (Å²) in [7, 11) is 1.63. The molecule has 4 nitrogen and oxygen atoms in total. The summed E-state index contributed by atoms with van der Waals surface area (Å²) in [6.45, 7) is 8.03. The molecule has 0 heterocycles. The standard InChI is InChI=1S/C15H25NO3/c1-11(2)10-18-7-8-19-14-6-5-13(12(3)16)9-15(14)17-4/h5-6,9,11-12H,7-8,10,16H2,1-4H3. The number of rotatable bonds is 8. The molecule has 108 valence electrons. The number of hydrogen-bond acceptors (Lipinski definition) is 4. The zero-order valence-corrected chi connectivity index (χ0v) is 12.3. The Kier molecular flexibility index (Phi) is 6.67. The van der Waals surface area contributed by atoms with E-state index in [-0.39, 0.29) is 6.04 Å². The van der Waals surface area contributed by atoms with Gasteiger partial charge in [-0.15, -0.1) is 0 Å². The van der Waals surface area contributed by atoms with Gasteiger partial charge >= 0.3 is 0 Å². The molecule has 0 bridgehead atoms. The summed E-state index contributed by atoms with van der Waals surface area (Å²) >= 11 is 0. The smallest absolute Gasteiger partial charge is 0.161 e. The molecule has 19 heavy (non-hydrogen) atoms. The van der Waals surface area contributed by atoms with Gasteiger partial charge in [-0.2, -0.15) is 0 Å². The summed E-state index contributed by atoms with van der Waals surface area (Å²) in [6.07, 6.45) is 0. The predicted octanol–water partition coefficient (Wildman–Crippen LogP) is 2.77.